The molecule has 1 atom stereocenters. The van der Waals surface area contributed by atoms with Crippen molar-refractivity contribution in [3.63, 3.8) is 0 Å². The van der Waals surface area contributed by atoms with Crippen LogP contribution >= 0.6 is 23.2 Å². The van der Waals surface area contributed by atoms with Crippen LogP contribution in [0.1, 0.15) is 17.5 Å². The molecule has 1 saturated heterocycles. The fraction of sp³-hybridized carbons (Fsp3) is 0.263. The average Bonchev–Trinajstić information content (AvgIpc) is 2.94. The smallest absolute Gasteiger partial charge is 0.229 e. The highest BCUT2D eigenvalue weighted by atomic mass is 35.5. The van der Waals surface area contributed by atoms with E-state index in [-0.39, 0.29) is 24.8 Å². The van der Waals surface area contributed by atoms with E-state index in [0.717, 1.165) is 16.8 Å². The highest BCUT2D eigenvalue weighted by Gasteiger charge is 2.36. The molecule has 1 heterocycles. The molecule has 6 heteroatoms. The van der Waals surface area contributed by atoms with Crippen LogP contribution < -0.4 is 10.2 Å². The molecule has 1 aliphatic rings. The standard InChI is InChI=1S/C19H18Cl2N2O2/c1-11-3-6-16(12(2)7-11)22-19(25)13-8-18(24)23(10-13)17-9-14(20)4-5-15(17)21/h3-7,9,13H,8,10H2,1-2H3,(H,22,25)/t13-/m1/s1. The Morgan fingerprint density at radius 3 is 2.64 bits per heavy atom. The van der Waals surface area contributed by atoms with Gasteiger partial charge < -0.3 is 10.2 Å². The van der Waals surface area contributed by atoms with Crippen LogP contribution in [0.3, 0.4) is 0 Å². The van der Waals surface area contributed by atoms with Gasteiger partial charge in [-0.05, 0) is 43.7 Å². The maximum absolute atomic E-state index is 12.6. The van der Waals surface area contributed by atoms with Crippen LogP contribution in [0.5, 0.6) is 0 Å². The van der Waals surface area contributed by atoms with Crippen molar-refractivity contribution in [1.29, 1.82) is 0 Å². The Balaban J connectivity index is 1.75. The number of halogens is 2. The third kappa shape index (κ3) is 3.80. The van der Waals surface area contributed by atoms with Crippen molar-refractivity contribution in [2.75, 3.05) is 16.8 Å². The molecule has 1 fully saturated rings. The van der Waals surface area contributed by atoms with E-state index in [9.17, 15) is 9.59 Å². The number of anilines is 2. The van der Waals surface area contributed by atoms with Crippen LogP contribution in [0.15, 0.2) is 36.4 Å². The molecule has 25 heavy (non-hydrogen) atoms. The number of nitrogens with zero attached hydrogens (tertiary/aromatic N) is 1. The van der Waals surface area contributed by atoms with Crippen LogP contribution in [0.2, 0.25) is 10.0 Å². The molecule has 2 aromatic rings. The second kappa shape index (κ2) is 7.06. The summed E-state index contributed by atoms with van der Waals surface area (Å²) in [5.74, 6) is -0.728. The molecule has 0 radical (unpaired) electrons. The third-order valence-corrected chi connectivity index (χ3v) is 4.89. The monoisotopic (exact) mass is 376 g/mol. The maximum atomic E-state index is 12.6. The van der Waals surface area contributed by atoms with E-state index in [1.807, 2.05) is 32.0 Å². The van der Waals surface area contributed by atoms with Gasteiger partial charge in [-0.3, -0.25) is 9.59 Å². The fourth-order valence-corrected chi connectivity index (χ4v) is 3.38. The summed E-state index contributed by atoms with van der Waals surface area (Å²) in [4.78, 5) is 26.5. The first-order valence-corrected chi connectivity index (χ1v) is 8.74. The van der Waals surface area contributed by atoms with Gasteiger partial charge in [-0.1, -0.05) is 40.9 Å². The van der Waals surface area contributed by atoms with E-state index in [1.54, 1.807) is 18.2 Å². The highest BCUT2D eigenvalue weighted by Crippen LogP contribution is 2.33. The SMILES string of the molecule is Cc1ccc(NC(=O)[C@@H]2CC(=O)N(c3cc(Cl)ccc3Cl)C2)c(C)c1. The highest BCUT2D eigenvalue weighted by molar-refractivity contribution is 6.36. The van der Waals surface area contributed by atoms with Crippen LogP contribution in [0.4, 0.5) is 11.4 Å². The van der Waals surface area contributed by atoms with Gasteiger partial charge in [0.05, 0.1) is 16.6 Å². The lowest BCUT2D eigenvalue weighted by molar-refractivity contribution is -0.122. The van der Waals surface area contributed by atoms with Crippen molar-refractivity contribution in [1.82, 2.24) is 0 Å². The first-order valence-electron chi connectivity index (χ1n) is 7.98. The molecule has 0 spiro atoms. The molecule has 0 aliphatic carbocycles. The van der Waals surface area contributed by atoms with Gasteiger partial charge in [-0.15, -0.1) is 0 Å². The minimum absolute atomic E-state index is 0.134. The maximum Gasteiger partial charge on any atom is 0.229 e. The summed E-state index contributed by atoms with van der Waals surface area (Å²) in [6.45, 7) is 4.23. The Labute approximate surface area is 156 Å². The Morgan fingerprint density at radius 2 is 1.92 bits per heavy atom. The number of aryl methyl sites for hydroxylation is 2. The number of benzene rings is 2. The van der Waals surface area contributed by atoms with E-state index in [4.69, 9.17) is 23.2 Å². The number of carbonyl (C=O) groups excluding carboxylic acids is 2. The van der Waals surface area contributed by atoms with Gasteiger partial charge >= 0.3 is 0 Å². The lowest BCUT2D eigenvalue weighted by atomic mass is 10.1. The molecule has 0 unspecified atom stereocenters. The van der Waals surface area contributed by atoms with Crippen molar-refractivity contribution >= 4 is 46.4 Å². The molecule has 0 bridgehead atoms. The zero-order valence-corrected chi connectivity index (χ0v) is 15.5. The van der Waals surface area contributed by atoms with Crippen molar-refractivity contribution in [2.24, 2.45) is 5.92 Å². The lowest BCUT2D eigenvalue weighted by Gasteiger charge is -2.18. The second-order valence-corrected chi connectivity index (χ2v) is 7.15. The number of rotatable bonds is 3. The van der Waals surface area contributed by atoms with Crippen molar-refractivity contribution in [3.8, 4) is 0 Å². The molecular weight excluding hydrogens is 359 g/mol. The molecule has 130 valence electrons. The lowest BCUT2D eigenvalue weighted by Crippen LogP contribution is -2.28. The van der Waals surface area contributed by atoms with Gasteiger partial charge in [0.1, 0.15) is 0 Å². The molecule has 3 rings (SSSR count). The molecule has 2 aromatic carbocycles. The molecule has 1 N–H and O–H groups in total. The topological polar surface area (TPSA) is 49.4 Å². The number of carbonyl (C=O) groups is 2. The number of hydrogen-bond donors (Lipinski definition) is 1. The minimum atomic E-state index is -0.428. The van der Waals surface area contributed by atoms with Gasteiger partial charge in [0.25, 0.3) is 0 Å². The van der Waals surface area contributed by atoms with Crippen molar-refractivity contribution < 1.29 is 9.59 Å². The zero-order valence-electron chi connectivity index (χ0n) is 14.0. The first kappa shape index (κ1) is 17.8. The quantitative estimate of drug-likeness (QED) is 0.850. The number of hydrogen-bond acceptors (Lipinski definition) is 2. The largest absolute Gasteiger partial charge is 0.326 e. The number of nitrogens with one attached hydrogen (secondary N) is 1. The minimum Gasteiger partial charge on any atom is -0.326 e. The molecule has 2 amide bonds. The summed E-state index contributed by atoms with van der Waals surface area (Å²) in [6, 6.07) is 10.8. The van der Waals surface area contributed by atoms with Gasteiger partial charge in [-0.2, -0.15) is 0 Å². The fourth-order valence-electron chi connectivity index (χ4n) is 3.00. The first-order chi connectivity index (χ1) is 11.8. The summed E-state index contributed by atoms with van der Waals surface area (Å²) in [5, 5.41) is 3.85. The van der Waals surface area contributed by atoms with Crippen LogP contribution in [0.25, 0.3) is 0 Å². The summed E-state index contributed by atoms with van der Waals surface area (Å²) in [5.41, 5.74) is 3.43. The van der Waals surface area contributed by atoms with E-state index < -0.39 is 5.92 Å². The van der Waals surface area contributed by atoms with Crippen LogP contribution in [-0.4, -0.2) is 18.4 Å². The summed E-state index contributed by atoms with van der Waals surface area (Å²) in [7, 11) is 0. The Morgan fingerprint density at radius 1 is 1.16 bits per heavy atom. The van der Waals surface area contributed by atoms with E-state index in [0.29, 0.717) is 15.7 Å². The van der Waals surface area contributed by atoms with Gasteiger partial charge in [0, 0.05) is 23.7 Å². The summed E-state index contributed by atoms with van der Waals surface area (Å²) >= 11 is 12.2. The number of amides is 2. The molecule has 1 aliphatic heterocycles. The van der Waals surface area contributed by atoms with E-state index in [1.165, 1.54) is 4.90 Å². The molecular formula is C19H18Cl2N2O2. The Kier molecular flexibility index (Phi) is 5.02. The van der Waals surface area contributed by atoms with E-state index in [2.05, 4.69) is 5.32 Å². The molecule has 0 saturated carbocycles. The average molecular weight is 377 g/mol. The van der Waals surface area contributed by atoms with Gasteiger partial charge in [0.2, 0.25) is 11.8 Å². The zero-order chi connectivity index (χ0) is 18.1. The van der Waals surface area contributed by atoms with Crippen molar-refractivity contribution in [2.45, 2.75) is 20.3 Å². The summed E-state index contributed by atoms with van der Waals surface area (Å²) < 4.78 is 0. The molecule has 0 aromatic heterocycles. The van der Waals surface area contributed by atoms with Crippen LogP contribution in [0, 0.1) is 19.8 Å². The normalized spacial score (nSPS) is 17.0. The van der Waals surface area contributed by atoms with Crippen LogP contribution in [-0.2, 0) is 9.59 Å². The third-order valence-electron chi connectivity index (χ3n) is 4.33. The Hall–Kier alpha value is -2.04. The van der Waals surface area contributed by atoms with Gasteiger partial charge in [-0.25, -0.2) is 0 Å². The van der Waals surface area contributed by atoms with Crippen molar-refractivity contribution in [3.05, 3.63) is 57.6 Å². The molecule has 4 nitrogen and oxygen atoms in total. The Bertz CT molecular complexity index is 851. The predicted octanol–water partition coefficient (Wildman–Crippen LogP) is 4.60. The second-order valence-electron chi connectivity index (χ2n) is 6.31. The van der Waals surface area contributed by atoms with E-state index >= 15 is 0 Å². The van der Waals surface area contributed by atoms with Gasteiger partial charge in [0.15, 0.2) is 0 Å². The summed E-state index contributed by atoms with van der Waals surface area (Å²) in [6.07, 6.45) is 0.152. The predicted molar refractivity (Wildman–Crippen MR) is 101 cm³/mol.